The molecule has 98 valence electrons. The minimum Gasteiger partial charge on any atom is -0.322 e. The number of hydrogen-bond acceptors (Lipinski definition) is 1. The van der Waals surface area contributed by atoms with Crippen LogP contribution in [0.15, 0.2) is 36.4 Å². The van der Waals surface area contributed by atoms with Crippen molar-refractivity contribution in [3.63, 3.8) is 0 Å². The van der Waals surface area contributed by atoms with Crippen LogP contribution in [0.4, 0.5) is 5.69 Å². The van der Waals surface area contributed by atoms with E-state index in [9.17, 15) is 4.79 Å². The zero-order chi connectivity index (χ0) is 14.0. The second kappa shape index (κ2) is 5.64. The molecule has 2 aromatic rings. The Bertz CT molecular complexity index is 618. The van der Waals surface area contributed by atoms with E-state index in [2.05, 4.69) is 5.32 Å². The summed E-state index contributed by atoms with van der Waals surface area (Å²) in [7, 11) is 0. The molecule has 0 aliphatic heterocycles. The van der Waals surface area contributed by atoms with Crippen molar-refractivity contribution in [1.29, 1.82) is 0 Å². The van der Waals surface area contributed by atoms with Gasteiger partial charge in [0.15, 0.2) is 0 Å². The SMILES string of the molecule is Cc1ccc(NC(=O)c2cc(Cl)cc(Cl)c2)cc1C. The molecular formula is C15H13Cl2NO. The lowest BCUT2D eigenvalue weighted by atomic mass is 10.1. The van der Waals surface area contributed by atoms with Gasteiger partial charge >= 0.3 is 0 Å². The molecule has 0 radical (unpaired) electrons. The molecule has 0 aromatic heterocycles. The van der Waals surface area contributed by atoms with Gasteiger partial charge in [0.2, 0.25) is 0 Å². The van der Waals surface area contributed by atoms with Crippen molar-refractivity contribution in [2.75, 3.05) is 5.32 Å². The van der Waals surface area contributed by atoms with Crippen molar-refractivity contribution in [2.45, 2.75) is 13.8 Å². The van der Waals surface area contributed by atoms with E-state index >= 15 is 0 Å². The van der Waals surface area contributed by atoms with E-state index in [-0.39, 0.29) is 5.91 Å². The number of hydrogen-bond donors (Lipinski definition) is 1. The molecular weight excluding hydrogens is 281 g/mol. The topological polar surface area (TPSA) is 29.1 Å². The van der Waals surface area contributed by atoms with Gasteiger partial charge in [-0.15, -0.1) is 0 Å². The molecule has 0 aliphatic rings. The van der Waals surface area contributed by atoms with Crippen LogP contribution in [0, 0.1) is 13.8 Å². The highest BCUT2D eigenvalue weighted by Crippen LogP contribution is 2.20. The normalized spacial score (nSPS) is 10.3. The summed E-state index contributed by atoms with van der Waals surface area (Å²) in [6.45, 7) is 4.03. The van der Waals surface area contributed by atoms with Gasteiger partial charge in [0, 0.05) is 21.3 Å². The third-order valence-electron chi connectivity index (χ3n) is 2.89. The fraction of sp³-hybridized carbons (Fsp3) is 0.133. The molecule has 0 fully saturated rings. The minimum absolute atomic E-state index is 0.229. The first-order valence-electron chi connectivity index (χ1n) is 5.80. The molecule has 2 nitrogen and oxygen atoms in total. The van der Waals surface area contributed by atoms with Crippen LogP contribution in [0.25, 0.3) is 0 Å². The lowest BCUT2D eigenvalue weighted by Crippen LogP contribution is -2.12. The van der Waals surface area contributed by atoms with E-state index in [0.717, 1.165) is 11.3 Å². The van der Waals surface area contributed by atoms with Gasteiger partial charge in [-0.3, -0.25) is 4.79 Å². The molecule has 0 atom stereocenters. The summed E-state index contributed by atoms with van der Waals surface area (Å²) in [6.07, 6.45) is 0. The fourth-order valence-corrected chi connectivity index (χ4v) is 2.23. The summed E-state index contributed by atoms with van der Waals surface area (Å²) in [5, 5.41) is 3.71. The molecule has 0 bridgehead atoms. The van der Waals surface area contributed by atoms with Crippen molar-refractivity contribution in [1.82, 2.24) is 0 Å². The zero-order valence-electron chi connectivity index (χ0n) is 10.6. The molecule has 1 amide bonds. The molecule has 1 N–H and O–H groups in total. The van der Waals surface area contributed by atoms with E-state index in [0.29, 0.717) is 15.6 Å². The Morgan fingerprint density at radius 3 is 2.16 bits per heavy atom. The van der Waals surface area contributed by atoms with Crippen LogP contribution in [0.3, 0.4) is 0 Å². The summed E-state index contributed by atoms with van der Waals surface area (Å²) in [4.78, 5) is 12.1. The predicted octanol–water partition coefficient (Wildman–Crippen LogP) is 4.86. The number of amides is 1. The second-order valence-electron chi connectivity index (χ2n) is 4.41. The minimum atomic E-state index is -0.229. The van der Waals surface area contributed by atoms with E-state index in [4.69, 9.17) is 23.2 Å². The van der Waals surface area contributed by atoms with Crippen molar-refractivity contribution in [2.24, 2.45) is 0 Å². The highest BCUT2D eigenvalue weighted by Gasteiger charge is 2.08. The molecule has 0 saturated heterocycles. The first-order valence-corrected chi connectivity index (χ1v) is 6.56. The molecule has 2 aromatic carbocycles. The van der Waals surface area contributed by atoms with Crippen LogP contribution in [0.2, 0.25) is 10.0 Å². The lowest BCUT2D eigenvalue weighted by Gasteiger charge is -2.08. The van der Waals surface area contributed by atoms with Gasteiger partial charge in [-0.25, -0.2) is 0 Å². The molecule has 0 unspecified atom stereocenters. The quantitative estimate of drug-likeness (QED) is 0.841. The molecule has 2 rings (SSSR count). The number of rotatable bonds is 2. The Morgan fingerprint density at radius 1 is 0.947 bits per heavy atom. The summed E-state index contributed by atoms with van der Waals surface area (Å²) in [6, 6.07) is 10.5. The number of carbonyl (C=O) groups excluding carboxylic acids is 1. The summed E-state index contributed by atoms with van der Waals surface area (Å²) >= 11 is 11.8. The lowest BCUT2D eigenvalue weighted by molar-refractivity contribution is 0.102. The molecule has 19 heavy (non-hydrogen) atoms. The number of carbonyl (C=O) groups is 1. The van der Waals surface area contributed by atoms with E-state index in [1.807, 2.05) is 32.0 Å². The van der Waals surface area contributed by atoms with Gasteiger partial charge in [-0.05, 0) is 55.3 Å². The molecule has 0 heterocycles. The highest BCUT2D eigenvalue weighted by molar-refractivity contribution is 6.35. The monoisotopic (exact) mass is 293 g/mol. The number of halogens is 2. The zero-order valence-corrected chi connectivity index (χ0v) is 12.1. The van der Waals surface area contributed by atoms with Gasteiger partial charge in [0.05, 0.1) is 0 Å². The number of aryl methyl sites for hydroxylation is 2. The molecule has 4 heteroatoms. The van der Waals surface area contributed by atoms with E-state index in [1.54, 1.807) is 18.2 Å². The third-order valence-corrected chi connectivity index (χ3v) is 3.33. The fourth-order valence-electron chi connectivity index (χ4n) is 1.71. The average Bonchev–Trinajstić information content (AvgIpc) is 2.32. The van der Waals surface area contributed by atoms with Gasteiger partial charge in [0.25, 0.3) is 5.91 Å². The van der Waals surface area contributed by atoms with E-state index < -0.39 is 0 Å². The summed E-state index contributed by atoms with van der Waals surface area (Å²) < 4.78 is 0. The van der Waals surface area contributed by atoms with Crippen LogP contribution >= 0.6 is 23.2 Å². The maximum Gasteiger partial charge on any atom is 0.255 e. The third kappa shape index (κ3) is 3.49. The van der Waals surface area contributed by atoms with Crippen molar-refractivity contribution in [3.8, 4) is 0 Å². The molecule has 0 spiro atoms. The largest absolute Gasteiger partial charge is 0.322 e. The first-order chi connectivity index (χ1) is 8.95. The standard InChI is InChI=1S/C15H13Cl2NO/c1-9-3-4-14(5-10(9)2)18-15(19)11-6-12(16)8-13(17)7-11/h3-8H,1-2H3,(H,18,19). The van der Waals surface area contributed by atoms with Gasteiger partial charge in [0.1, 0.15) is 0 Å². The van der Waals surface area contributed by atoms with Crippen molar-refractivity contribution in [3.05, 3.63) is 63.1 Å². The summed E-state index contributed by atoms with van der Waals surface area (Å²) in [5.74, 6) is -0.229. The highest BCUT2D eigenvalue weighted by atomic mass is 35.5. The molecule has 0 saturated carbocycles. The van der Waals surface area contributed by atoms with Crippen molar-refractivity contribution < 1.29 is 4.79 Å². The summed E-state index contributed by atoms with van der Waals surface area (Å²) in [5.41, 5.74) is 3.51. The van der Waals surface area contributed by atoms with Crippen LogP contribution in [-0.2, 0) is 0 Å². The predicted molar refractivity (Wildman–Crippen MR) is 80.3 cm³/mol. The van der Waals surface area contributed by atoms with Gasteiger partial charge in [-0.1, -0.05) is 29.3 Å². The van der Waals surface area contributed by atoms with Crippen LogP contribution < -0.4 is 5.32 Å². The maximum atomic E-state index is 12.1. The number of anilines is 1. The average molecular weight is 294 g/mol. The van der Waals surface area contributed by atoms with E-state index in [1.165, 1.54) is 5.56 Å². The Labute approximate surface area is 122 Å². The Morgan fingerprint density at radius 2 is 1.58 bits per heavy atom. The Kier molecular flexibility index (Phi) is 4.13. The van der Waals surface area contributed by atoms with Crippen LogP contribution in [0.5, 0.6) is 0 Å². The van der Waals surface area contributed by atoms with Crippen LogP contribution in [-0.4, -0.2) is 5.91 Å². The Hall–Kier alpha value is -1.51. The molecule has 0 aliphatic carbocycles. The smallest absolute Gasteiger partial charge is 0.255 e. The maximum absolute atomic E-state index is 12.1. The first kappa shape index (κ1) is 13.9. The Balaban J connectivity index is 2.22. The number of nitrogens with one attached hydrogen (secondary N) is 1. The second-order valence-corrected chi connectivity index (χ2v) is 5.28. The van der Waals surface area contributed by atoms with Crippen molar-refractivity contribution >= 4 is 34.8 Å². The van der Waals surface area contributed by atoms with Gasteiger partial charge < -0.3 is 5.32 Å². The number of benzene rings is 2. The van der Waals surface area contributed by atoms with Gasteiger partial charge in [-0.2, -0.15) is 0 Å². The van der Waals surface area contributed by atoms with Crippen LogP contribution in [0.1, 0.15) is 21.5 Å².